The molecule has 0 fully saturated rings. The first kappa shape index (κ1) is 24.4. The number of hydrogen-bond donors (Lipinski definition) is 2. The van der Waals surface area contributed by atoms with Crippen molar-refractivity contribution in [2.24, 2.45) is 0 Å². The summed E-state index contributed by atoms with van der Waals surface area (Å²) in [7, 11) is 1.65. The number of aryl methyl sites for hydroxylation is 1. The Bertz CT molecular complexity index is 869. The lowest BCUT2D eigenvalue weighted by atomic mass is 9.94. The Labute approximate surface area is 188 Å². The summed E-state index contributed by atoms with van der Waals surface area (Å²) in [6, 6.07) is 13.7. The SMILES string of the molecule is COc1ccccc1Sc1ccc(CC[C@@](C)(CO)NC(=O)OC(C)(C)C)c(Cl)c1. The van der Waals surface area contributed by atoms with Crippen molar-refractivity contribution in [2.45, 2.75) is 61.5 Å². The van der Waals surface area contributed by atoms with E-state index in [1.165, 1.54) is 0 Å². The van der Waals surface area contributed by atoms with Gasteiger partial charge in [0.05, 0.1) is 24.2 Å². The molecule has 0 heterocycles. The average molecular weight is 452 g/mol. The number of alkyl carbamates (subject to hydrolysis) is 1. The van der Waals surface area contributed by atoms with Gasteiger partial charge in [-0.25, -0.2) is 4.79 Å². The van der Waals surface area contributed by atoms with Crippen molar-refractivity contribution < 1.29 is 19.4 Å². The largest absolute Gasteiger partial charge is 0.496 e. The van der Waals surface area contributed by atoms with Crippen LogP contribution in [-0.4, -0.2) is 36.1 Å². The maximum atomic E-state index is 12.1. The van der Waals surface area contributed by atoms with Gasteiger partial charge >= 0.3 is 6.09 Å². The molecule has 2 aromatic rings. The molecular weight excluding hydrogens is 422 g/mol. The first-order chi connectivity index (χ1) is 14.0. The van der Waals surface area contributed by atoms with E-state index < -0.39 is 17.2 Å². The van der Waals surface area contributed by atoms with Crippen LogP contribution in [0.1, 0.15) is 39.7 Å². The van der Waals surface area contributed by atoms with Gasteiger partial charge in [0.25, 0.3) is 0 Å². The molecule has 0 aliphatic carbocycles. The van der Waals surface area contributed by atoms with E-state index in [4.69, 9.17) is 21.1 Å². The van der Waals surface area contributed by atoms with Gasteiger partial charge < -0.3 is 19.9 Å². The Morgan fingerprint density at radius 2 is 1.87 bits per heavy atom. The fourth-order valence-corrected chi connectivity index (χ4v) is 4.07. The summed E-state index contributed by atoms with van der Waals surface area (Å²) in [5, 5.41) is 13.2. The number of ether oxygens (including phenoxy) is 2. The maximum absolute atomic E-state index is 12.1. The monoisotopic (exact) mass is 451 g/mol. The van der Waals surface area contributed by atoms with Gasteiger partial charge in [-0.2, -0.15) is 0 Å². The molecule has 0 radical (unpaired) electrons. The molecular formula is C23H30ClNO4S. The number of amides is 1. The number of para-hydroxylation sites is 1. The smallest absolute Gasteiger partial charge is 0.408 e. The highest BCUT2D eigenvalue weighted by atomic mass is 35.5. The molecule has 30 heavy (non-hydrogen) atoms. The summed E-state index contributed by atoms with van der Waals surface area (Å²) in [5.74, 6) is 0.814. The number of carbonyl (C=O) groups excluding carboxylic acids is 1. The van der Waals surface area contributed by atoms with Crippen LogP contribution in [0.15, 0.2) is 52.3 Å². The van der Waals surface area contributed by atoms with Gasteiger partial charge in [-0.1, -0.05) is 41.6 Å². The van der Waals surface area contributed by atoms with Crippen LogP contribution in [0.4, 0.5) is 4.79 Å². The van der Waals surface area contributed by atoms with E-state index in [0.717, 1.165) is 21.1 Å². The number of aliphatic hydroxyl groups excluding tert-OH is 1. The van der Waals surface area contributed by atoms with Crippen LogP contribution in [-0.2, 0) is 11.2 Å². The number of aliphatic hydroxyl groups is 1. The second-order valence-electron chi connectivity index (χ2n) is 8.35. The lowest BCUT2D eigenvalue weighted by Crippen LogP contribution is -2.50. The van der Waals surface area contributed by atoms with E-state index in [1.54, 1.807) is 46.6 Å². The first-order valence-corrected chi connectivity index (χ1v) is 11.0. The summed E-state index contributed by atoms with van der Waals surface area (Å²) in [5.41, 5.74) is -0.457. The van der Waals surface area contributed by atoms with Crippen molar-refractivity contribution in [3.8, 4) is 5.75 Å². The Hall–Kier alpha value is -1.89. The molecule has 0 spiro atoms. The first-order valence-electron chi connectivity index (χ1n) is 9.76. The highest BCUT2D eigenvalue weighted by Crippen LogP contribution is 2.36. The van der Waals surface area contributed by atoms with Gasteiger partial charge in [0, 0.05) is 9.92 Å². The van der Waals surface area contributed by atoms with Gasteiger partial charge in [-0.05, 0) is 70.4 Å². The van der Waals surface area contributed by atoms with Crippen molar-refractivity contribution >= 4 is 29.5 Å². The van der Waals surface area contributed by atoms with Crippen LogP contribution < -0.4 is 10.1 Å². The molecule has 1 atom stereocenters. The topological polar surface area (TPSA) is 67.8 Å². The number of nitrogens with one attached hydrogen (secondary N) is 1. The number of rotatable bonds is 8. The molecule has 0 unspecified atom stereocenters. The molecule has 1 amide bonds. The van der Waals surface area contributed by atoms with E-state index in [0.29, 0.717) is 17.9 Å². The van der Waals surface area contributed by atoms with Crippen molar-refractivity contribution in [2.75, 3.05) is 13.7 Å². The summed E-state index contributed by atoms with van der Waals surface area (Å²) < 4.78 is 10.7. The molecule has 2 N–H and O–H groups in total. The van der Waals surface area contributed by atoms with E-state index in [-0.39, 0.29) is 6.61 Å². The second-order valence-corrected chi connectivity index (χ2v) is 9.87. The number of hydrogen-bond acceptors (Lipinski definition) is 5. The third-order valence-electron chi connectivity index (χ3n) is 4.42. The Balaban J connectivity index is 2.03. The van der Waals surface area contributed by atoms with E-state index in [2.05, 4.69) is 5.32 Å². The van der Waals surface area contributed by atoms with Crippen LogP contribution in [0.3, 0.4) is 0 Å². The summed E-state index contributed by atoms with van der Waals surface area (Å²) >= 11 is 8.10. The summed E-state index contributed by atoms with van der Waals surface area (Å²) in [4.78, 5) is 14.1. The van der Waals surface area contributed by atoms with E-state index >= 15 is 0 Å². The van der Waals surface area contributed by atoms with Gasteiger partial charge in [0.1, 0.15) is 11.4 Å². The van der Waals surface area contributed by atoms with E-state index in [9.17, 15) is 9.90 Å². The minimum Gasteiger partial charge on any atom is -0.496 e. The Kier molecular flexibility index (Phi) is 8.47. The van der Waals surface area contributed by atoms with Crippen molar-refractivity contribution in [3.05, 3.63) is 53.1 Å². The lowest BCUT2D eigenvalue weighted by Gasteiger charge is -2.30. The third kappa shape index (κ3) is 7.42. The molecule has 5 nitrogen and oxygen atoms in total. The average Bonchev–Trinajstić information content (AvgIpc) is 2.66. The molecule has 0 aromatic heterocycles. The van der Waals surface area contributed by atoms with Crippen molar-refractivity contribution in [3.63, 3.8) is 0 Å². The molecule has 164 valence electrons. The normalized spacial score (nSPS) is 13.4. The van der Waals surface area contributed by atoms with Crippen LogP contribution in [0.25, 0.3) is 0 Å². The molecule has 0 saturated heterocycles. The maximum Gasteiger partial charge on any atom is 0.408 e. The Morgan fingerprint density at radius 1 is 1.17 bits per heavy atom. The van der Waals surface area contributed by atoms with Crippen molar-refractivity contribution in [1.29, 1.82) is 0 Å². The van der Waals surface area contributed by atoms with Crippen LogP contribution >= 0.6 is 23.4 Å². The summed E-state index contributed by atoms with van der Waals surface area (Å²) in [6.07, 6.45) is 0.570. The highest BCUT2D eigenvalue weighted by Gasteiger charge is 2.28. The zero-order chi connectivity index (χ0) is 22.4. The molecule has 0 saturated carbocycles. The zero-order valence-electron chi connectivity index (χ0n) is 18.1. The third-order valence-corrected chi connectivity index (χ3v) is 5.82. The van der Waals surface area contributed by atoms with Gasteiger partial charge in [-0.15, -0.1) is 0 Å². The van der Waals surface area contributed by atoms with Crippen LogP contribution in [0.2, 0.25) is 5.02 Å². The standard InChI is InChI=1S/C23H30ClNO4S/c1-22(2,3)29-21(27)25-23(4,15-26)13-12-16-10-11-17(14-18(16)24)30-20-9-7-6-8-19(20)28-5/h6-11,14,26H,12-13,15H2,1-5H3,(H,25,27)/t23-/m0/s1. The van der Waals surface area contributed by atoms with Crippen LogP contribution in [0, 0.1) is 0 Å². The van der Waals surface area contributed by atoms with Gasteiger partial charge in [0.2, 0.25) is 0 Å². The minimum atomic E-state index is -0.809. The molecule has 0 aliphatic heterocycles. The Morgan fingerprint density at radius 3 is 2.47 bits per heavy atom. The van der Waals surface area contributed by atoms with Crippen molar-refractivity contribution in [1.82, 2.24) is 5.32 Å². The lowest BCUT2D eigenvalue weighted by molar-refractivity contribution is 0.0407. The molecule has 2 rings (SSSR count). The predicted octanol–water partition coefficient (Wildman–Crippen LogP) is 5.71. The predicted molar refractivity (Wildman–Crippen MR) is 122 cm³/mol. The van der Waals surface area contributed by atoms with Gasteiger partial charge in [0.15, 0.2) is 0 Å². The van der Waals surface area contributed by atoms with Crippen LogP contribution in [0.5, 0.6) is 5.75 Å². The quantitative estimate of drug-likeness (QED) is 0.538. The van der Waals surface area contributed by atoms with Gasteiger partial charge in [-0.3, -0.25) is 0 Å². The number of benzene rings is 2. The fourth-order valence-electron chi connectivity index (χ4n) is 2.77. The molecule has 2 aromatic carbocycles. The number of methoxy groups -OCH3 is 1. The number of carbonyl (C=O) groups is 1. The second kappa shape index (κ2) is 10.4. The summed E-state index contributed by atoms with van der Waals surface area (Å²) in [6.45, 7) is 6.98. The molecule has 0 bridgehead atoms. The molecule has 7 heteroatoms. The molecule has 0 aliphatic rings. The minimum absolute atomic E-state index is 0.203. The van der Waals surface area contributed by atoms with E-state index in [1.807, 2.05) is 42.5 Å². The fraction of sp³-hybridized carbons (Fsp3) is 0.435. The number of halogens is 1. The zero-order valence-corrected chi connectivity index (χ0v) is 19.7. The highest BCUT2D eigenvalue weighted by molar-refractivity contribution is 7.99.